The first-order valence-electron chi connectivity index (χ1n) is 22.1. The van der Waals surface area contributed by atoms with Crippen molar-refractivity contribution in [3.8, 4) is 0 Å². The number of hydrogen-bond donors (Lipinski definition) is 3. The number of aliphatic hydroxyl groups excluding tert-OH is 2. The number of carbonyl (C=O) groups excluding carboxylic acids is 2. The Morgan fingerprint density at radius 2 is 0.922 bits per heavy atom. The topological polar surface area (TPSA) is 95.9 Å². The number of aliphatic hydroxyl groups is 2. The summed E-state index contributed by atoms with van der Waals surface area (Å²) in [5.74, 6) is -0.109. The van der Waals surface area contributed by atoms with Gasteiger partial charge in [-0.2, -0.15) is 0 Å². The van der Waals surface area contributed by atoms with Crippen molar-refractivity contribution in [1.29, 1.82) is 0 Å². The monoisotopic (exact) mass is 720 g/mol. The molecule has 6 nitrogen and oxygen atoms in total. The van der Waals surface area contributed by atoms with Crippen molar-refractivity contribution in [2.24, 2.45) is 0 Å². The molecular weight excluding hydrogens is 634 g/mol. The van der Waals surface area contributed by atoms with Crippen LogP contribution in [0.25, 0.3) is 0 Å². The lowest BCUT2D eigenvalue weighted by atomic mass is 10.0. The zero-order valence-corrected chi connectivity index (χ0v) is 33.8. The smallest absolute Gasteiger partial charge is 0.305 e. The van der Waals surface area contributed by atoms with Gasteiger partial charge in [0.1, 0.15) is 0 Å². The highest BCUT2D eigenvalue weighted by Gasteiger charge is 2.20. The van der Waals surface area contributed by atoms with Crippen LogP contribution in [-0.4, -0.2) is 47.4 Å². The third-order valence-corrected chi connectivity index (χ3v) is 9.97. The van der Waals surface area contributed by atoms with Crippen molar-refractivity contribution < 1.29 is 24.5 Å². The molecule has 0 aliphatic carbocycles. The van der Waals surface area contributed by atoms with E-state index < -0.39 is 12.1 Å². The average molecular weight is 720 g/mol. The number of ether oxygens (including phenoxy) is 1. The van der Waals surface area contributed by atoms with Gasteiger partial charge in [-0.1, -0.05) is 160 Å². The summed E-state index contributed by atoms with van der Waals surface area (Å²) >= 11 is 0. The van der Waals surface area contributed by atoms with E-state index in [1.54, 1.807) is 0 Å². The van der Waals surface area contributed by atoms with Gasteiger partial charge >= 0.3 is 5.97 Å². The molecule has 0 spiro atoms. The molecule has 300 valence electrons. The summed E-state index contributed by atoms with van der Waals surface area (Å²) in [5.41, 5.74) is 0. The first-order valence-corrected chi connectivity index (χ1v) is 22.1. The van der Waals surface area contributed by atoms with Crippen molar-refractivity contribution in [3.05, 3.63) is 24.3 Å². The van der Waals surface area contributed by atoms with Gasteiger partial charge in [0.15, 0.2) is 0 Å². The molecule has 1 amide bonds. The molecule has 2 atom stereocenters. The predicted octanol–water partition coefficient (Wildman–Crippen LogP) is 12.4. The van der Waals surface area contributed by atoms with Crippen LogP contribution in [0.5, 0.6) is 0 Å². The zero-order valence-electron chi connectivity index (χ0n) is 33.8. The Balaban J connectivity index is 3.52. The van der Waals surface area contributed by atoms with Crippen molar-refractivity contribution in [2.45, 2.75) is 238 Å². The van der Waals surface area contributed by atoms with Gasteiger partial charge < -0.3 is 20.3 Å². The molecule has 0 aromatic heterocycles. The lowest BCUT2D eigenvalue weighted by molar-refractivity contribution is -0.143. The van der Waals surface area contributed by atoms with E-state index in [0.29, 0.717) is 25.9 Å². The van der Waals surface area contributed by atoms with Gasteiger partial charge in [-0.3, -0.25) is 9.59 Å². The number of nitrogens with one attached hydrogen (secondary N) is 1. The van der Waals surface area contributed by atoms with Gasteiger partial charge in [-0.05, 0) is 77.0 Å². The largest absolute Gasteiger partial charge is 0.466 e. The lowest BCUT2D eigenvalue weighted by Crippen LogP contribution is -2.45. The Hall–Kier alpha value is -1.66. The lowest BCUT2D eigenvalue weighted by Gasteiger charge is -2.22. The molecule has 0 aromatic rings. The van der Waals surface area contributed by atoms with Crippen LogP contribution in [0.1, 0.15) is 226 Å². The van der Waals surface area contributed by atoms with Crippen molar-refractivity contribution in [3.63, 3.8) is 0 Å². The van der Waals surface area contributed by atoms with Gasteiger partial charge in [-0.25, -0.2) is 0 Å². The van der Waals surface area contributed by atoms with Gasteiger partial charge in [0.05, 0.1) is 25.4 Å². The van der Waals surface area contributed by atoms with E-state index in [1.807, 2.05) is 0 Å². The second kappa shape index (κ2) is 41.1. The number of unbranched alkanes of at least 4 members (excludes halogenated alkanes) is 25. The molecular formula is C45H85NO5. The van der Waals surface area contributed by atoms with Crippen LogP contribution in [-0.2, 0) is 14.3 Å². The zero-order chi connectivity index (χ0) is 37.3. The van der Waals surface area contributed by atoms with Crippen molar-refractivity contribution in [2.75, 3.05) is 13.2 Å². The molecule has 2 unspecified atom stereocenters. The van der Waals surface area contributed by atoms with E-state index in [9.17, 15) is 19.8 Å². The Morgan fingerprint density at radius 3 is 1.39 bits per heavy atom. The minimum Gasteiger partial charge on any atom is -0.466 e. The number of amides is 1. The summed E-state index contributed by atoms with van der Waals surface area (Å²) < 4.78 is 5.41. The fourth-order valence-electron chi connectivity index (χ4n) is 6.51. The third-order valence-electron chi connectivity index (χ3n) is 9.97. The molecule has 0 fully saturated rings. The van der Waals surface area contributed by atoms with Gasteiger partial charge in [-0.15, -0.1) is 0 Å². The van der Waals surface area contributed by atoms with Crippen LogP contribution in [0.3, 0.4) is 0 Å². The van der Waals surface area contributed by atoms with Crippen molar-refractivity contribution in [1.82, 2.24) is 5.32 Å². The summed E-state index contributed by atoms with van der Waals surface area (Å²) in [7, 11) is 0. The molecule has 0 saturated carbocycles. The number of rotatable bonds is 40. The molecule has 6 heteroatoms. The summed E-state index contributed by atoms with van der Waals surface area (Å²) in [4.78, 5) is 24.3. The average Bonchev–Trinajstić information content (AvgIpc) is 3.13. The minimum atomic E-state index is -0.679. The maximum atomic E-state index is 12.3. The molecule has 3 N–H and O–H groups in total. The molecule has 0 saturated heterocycles. The van der Waals surface area contributed by atoms with E-state index in [0.717, 1.165) is 83.5 Å². The maximum Gasteiger partial charge on any atom is 0.305 e. The summed E-state index contributed by atoms with van der Waals surface area (Å²) in [5, 5.41) is 23.0. The molecule has 0 bridgehead atoms. The Kier molecular flexibility index (Phi) is 39.8. The Labute approximate surface area is 316 Å². The fraction of sp³-hybridized carbons (Fsp3) is 0.867. The molecule has 0 rings (SSSR count). The molecule has 0 aliphatic heterocycles. The second-order valence-electron chi connectivity index (χ2n) is 15.0. The maximum absolute atomic E-state index is 12.3. The summed E-state index contributed by atoms with van der Waals surface area (Å²) in [6, 6.07) is -0.560. The highest BCUT2D eigenvalue weighted by atomic mass is 16.5. The molecule has 0 radical (unpaired) electrons. The van der Waals surface area contributed by atoms with E-state index in [2.05, 4.69) is 43.5 Å². The summed E-state index contributed by atoms with van der Waals surface area (Å²) in [6.45, 7) is 4.82. The standard InChI is InChI=1S/C45H85NO5/c1-3-5-7-9-11-13-14-15-16-19-23-27-31-35-39-45(50)51-40-36-32-28-24-20-17-18-22-26-30-34-38-44(49)46-42(41-47)43(48)37-33-29-25-21-12-10-8-6-4-2/h14-15,20,24,42-43,47-48H,3-13,16-19,21-23,25-41H2,1-2H3,(H,46,49)/b15-14-,24-20-. The van der Waals surface area contributed by atoms with Crippen LogP contribution < -0.4 is 5.32 Å². The fourth-order valence-corrected chi connectivity index (χ4v) is 6.51. The van der Waals surface area contributed by atoms with E-state index in [4.69, 9.17) is 4.74 Å². The second-order valence-corrected chi connectivity index (χ2v) is 15.0. The molecule has 0 heterocycles. The predicted molar refractivity (Wildman–Crippen MR) is 218 cm³/mol. The molecule has 51 heavy (non-hydrogen) atoms. The number of hydrogen-bond acceptors (Lipinski definition) is 5. The molecule has 0 aliphatic rings. The summed E-state index contributed by atoms with van der Waals surface area (Å²) in [6.07, 6.45) is 45.6. The van der Waals surface area contributed by atoms with Crippen molar-refractivity contribution >= 4 is 11.9 Å². The van der Waals surface area contributed by atoms with Crippen LogP contribution in [0, 0.1) is 0 Å². The first-order chi connectivity index (χ1) is 25.0. The van der Waals surface area contributed by atoms with E-state index in [1.165, 1.54) is 109 Å². The highest BCUT2D eigenvalue weighted by Crippen LogP contribution is 2.14. The quantitative estimate of drug-likeness (QED) is 0.0333. The number of esters is 1. The highest BCUT2D eigenvalue weighted by molar-refractivity contribution is 5.76. The van der Waals surface area contributed by atoms with Crippen LogP contribution in [0.2, 0.25) is 0 Å². The van der Waals surface area contributed by atoms with Crippen LogP contribution in [0.4, 0.5) is 0 Å². The van der Waals surface area contributed by atoms with Gasteiger partial charge in [0, 0.05) is 12.8 Å². The van der Waals surface area contributed by atoms with Crippen LogP contribution in [0.15, 0.2) is 24.3 Å². The van der Waals surface area contributed by atoms with E-state index in [-0.39, 0.29) is 18.5 Å². The normalized spacial score (nSPS) is 12.9. The first kappa shape index (κ1) is 49.3. The van der Waals surface area contributed by atoms with Gasteiger partial charge in [0.25, 0.3) is 0 Å². The van der Waals surface area contributed by atoms with Gasteiger partial charge in [0.2, 0.25) is 5.91 Å². The van der Waals surface area contributed by atoms with E-state index >= 15 is 0 Å². The SMILES string of the molecule is CCCCCCC/C=C\CCCCCCCC(=O)OCCCC/C=C\CCCCCCCC(=O)NC(CO)C(O)CCCCCCCCCCC. The third kappa shape index (κ3) is 37.9. The number of carbonyl (C=O) groups is 2. The number of allylic oxidation sites excluding steroid dienone is 4. The Morgan fingerprint density at radius 1 is 0.529 bits per heavy atom. The molecule has 0 aromatic carbocycles. The van der Waals surface area contributed by atoms with Crippen LogP contribution >= 0.6 is 0 Å². The Bertz CT molecular complexity index is 797. The minimum absolute atomic E-state index is 0.0409.